The fraction of sp³-hybridized carbons (Fsp3) is 0.0833. The van der Waals surface area contributed by atoms with Crippen LogP contribution < -0.4 is 10.5 Å². The van der Waals surface area contributed by atoms with Crippen molar-refractivity contribution in [3.8, 4) is 17.0 Å². The maximum Gasteiger partial charge on any atom is 0.295 e. The van der Waals surface area contributed by atoms with E-state index in [0.29, 0.717) is 6.07 Å². The van der Waals surface area contributed by atoms with Crippen LogP contribution in [0.25, 0.3) is 11.3 Å². The van der Waals surface area contributed by atoms with Crippen molar-refractivity contribution < 1.29 is 18.4 Å². The van der Waals surface area contributed by atoms with Crippen molar-refractivity contribution in [2.45, 2.75) is 0 Å². The Balaban J connectivity index is 2.80. The first-order chi connectivity index (χ1) is 9.43. The van der Waals surface area contributed by atoms with Gasteiger partial charge in [-0.15, -0.1) is 0 Å². The zero-order valence-electron chi connectivity index (χ0n) is 10.3. The van der Waals surface area contributed by atoms with Gasteiger partial charge in [-0.2, -0.15) is 0 Å². The molecule has 1 aromatic carbocycles. The Hall–Kier alpha value is -2.77. The second-order valence-electron chi connectivity index (χ2n) is 3.83. The third kappa shape index (κ3) is 2.35. The van der Waals surface area contributed by atoms with Gasteiger partial charge in [-0.3, -0.25) is 10.1 Å². The zero-order chi connectivity index (χ0) is 14.9. The normalized spacial score (nSPS) is 10.3. The molecule has 1 heterocycles. The Kier molecular flexibility index (Phi) is 3.47. The van der Waals surface area contributed by atoms with Crippen LogP contribution in [-0.4, -0.2) is 17.0 Å². The first-order valence-electron chi connectivity index (χ1n) is 5.38. The standard InChI is InChI=1S/C12H9F2N3O3/c1-20-9-5-6(13)4-7(14)11(9)12-8(17(18)19)2-3-10(15)16-12/h2-5H,1H3,(H2,15,16). The average Bonchev–Trinajstić information content (AvgIpc) is 2.37. The Morgan fingerprint density at radius 2 is 2.05 bits per heavy atom. The number of methoxy groups -OCH3 is 1. The van der Waals surface area contributed by atoms with Gasteiger partial charge in [0.05, 0.1) is 17.6 Å². The lowest BCUT2D eigenvalue weighted by atomic mass is 10.1. The largest absolute Gasteiger partial charge is 0.496 e. The van der Waals surface area contributed by atoms with E-state index in [1.54, 1.807) is 0 Å². The molecule has 6 nitrogen and oxygen atoms in total. The van der Waals surface area contributed by atoms with E-state index in [9.17, 15) is 18.9 Å². The van der Waals surface area contributed by atoms with Crippen molar-refractivity contribution in [3.05, 3.63) is 46.0 Å². The molecule has 0 saturated heterocycles. The second kappa shape index (κ2) is 5.08. The number of rotatable bonds is 3. The summed E-state index contributed by atoms with van der Waals surface area (Å²) in [5.41, 5.74) is 4.38. The lowest BCUT2D eigenvalue weighted by Gasteiger charge is -2.10. The van der Waals surface area contributed by atoms with Crippen LogP contribution in [0, 0.1) is 21.7 Å². The number of ether oxygens (including phenoxy) is 1. The number of aromatic nitrogens is 1. The van der Waals surface area contributed by atoms with Crippen molar-refractivity contribution in [1.82, 2.24) is 4.98 Å². The minimum absolute atomic E-state index is 0.0311. The lowest BCUT2D eigenvalue weighted by molar-refractivity contribution is -0.384. The van der Waals surface area contributed by atoms with Crippen molar-refractivity contribution in [1.29, 1.82) is 0 Å². The minimum atomic E-state index is -1.02. The first-order valence-corrected chi connectivity index (χ1v) is 5.38. The van der Waals surface area contributed by atoms with E-state index < -0.39 is 22.2 Å². The molecular formula is C12H9F2N3O3. The van der Waals surface area contributed by atoms with Crippen LogP contribution in [0.15, 0.2) is 24.3 Å². The molecule has 0 amide bonds. The molecule has 0 aliphatic rings. The fourth-order valence-electron chi connectivity index (χ4n) is 1.74. The average molecular weight is 281 g/mol. The summed E-state index contributed by atoms with van der Waals surface area (Å²) in [6, 6.07) is 3.81. The van der Waals surface area contributed by atoms with E-state index in [1.807, 2.05) is 0 Å². The van der Waals surface area contributed by atoms with Gasteiger partial charge >= 0.3 is 0 Å². The molecule has 0 spiro atoms. The lowest BCUT2D eigenvalue weighted by Crippen LogP contribution is -2.02. The van der Waals surface area contributed by atoms with Crippen LogP contribution in [0.5, 0.6) is 5.75 Å². The van der Waals surface area contributed by atoms with Crippen LogP contribution in [0.2, 0.25) is 0 Å². The molecule has 0 aliphatic carbocycles. The Labute approximate surface area is 112 Å². The molecule has 0 fully saturated rings. The van der Waals surface area contributed by atoms with Crippen molar-refractivity contribution in [2.75, 3.05) is 12.8 Å². The van der Waals surface area contributed by atoms with Crippen LogP contribution in [0.3, 0.4) is 0 Å². The molecule has 2 aromatic rings. The third-order valence-corrected chi connectivity index (χ3v) is 2.57. The predicted octanol–water partition coefficient (Wildman–Crippen LogP) is 2.53. The van der Waals surface area contributed by atoms with Gasteiger partial charge in [0.15, 0.2) is 5.69 Å². The third-order valence-electron chi connectivity index (χ3n) is 2.57. The monoisotopic (exact) mass is 281 g/mol. The summed E-state index contributed by atoms with van der Waals surface area (Å²) in [5.74, 6) is -2.13. The van der Waals surface area contributed by atoms with Gasteiger partial charge in [0, 0.05) is 18.2 Å². The number of hydrogen-bond donors (Lipinski definition) is 1. The first kappa shape index (κ1) is 13.7. The highest BCUT2D eigenvalue weighted by Gasteiger charge is 2.24. The van der Waals surface area contributed by atoms with Gasteiger partial charge in [-0.05, 0) is 6.07 Å². The van der Waals surface area contributed by atoms with Gasteiger partial charge in [0.2, 0.25) is 0 Å². The van der Waals surface area contributed by atoms with Gasteiger partial charge in [0.25, 0.3) is 5.69 Å². The Bertz CT molecular complexity index is 692. The van der Waals surface area contributed by atoms with Gasteiger partial charge in [-0.1, -0.05) is 0 Å². The molecule has 1 aromatic heterocycles. The minimum Gasteiger partial charge on any atom is -0.496 e. The van der Waals surface area contributed by atoms with E-state index in [-0.39, 0.29) is 22.8 Å². The highest BCUT2D eigenvalue weighted by atomic mass is 19.1. The highest BCUT2D eigenvalue weighted by Crippen LogP contribution is 2.37. The highest BCUT2D eigenvalue weighted by molar-refractivity contribution is 5.76. The van der Waals surface area contributed by atoms with Crippen molar-refractivity contribution in [3.63, 3.8) is 0 Å². The van der Waals surface area contributed by atoms with Crippen molar-refractivity contribution in [2.24, 2.45) is 0 Å². The number of nitrogen functional groups attached to an aromatic ring is 1. The van der Waals surface area contributed by atoms with Gasteiger partial charge in [0.1, 0.15) is 23.2 Å². The fourth-order valence-corrected chi connectivity index (χ4v) is 1.74. The maximum atomic E-state index is 13.9. The summed E-state index contributed by atoms with van der Waals surface area (Å²) < 4.78 is 31.9. The van der Waals surface area contributed by atoms with Crippen molar-refractivity contribution >= 4 is 11.5 Å². The van der Waals surface area contributed by atoms with Crippen LogP contribution in [-0.2, 0) is 0 Å². The molecule has 0 radical (unpaired) electrons. The summed E-state index contributed by atoms with van der Waals surface area (Å²) in [4.78, 5) is 14.0. The van der Waals surface area contributed by atoms with E-state index in [4.69, 9.17) is 10.5 Å². The van der Waals surface area contributed by atoms with E-state index >= 15 is 0 Å². The summed E-state index contributed by atoms with van der Waals surface area (Å²) in [7, 11) is 1.19. The van der Waals surface area contributed by atoms with E-state index in [0.717, 1.165) is 12.1 Å². The summed E-state index contributed by atoms with van der Waals surface area (Å²) >= 11 is 0. The van der Waals surface area contributed by atoms with Gasteiger partial charge in [-0.25, -0.2) is 13.8 Å². The van der Waals surface area contributed by atoms with E-state index in [2.05, 4.69) is 4.98 Å². The molecule has 104 valence electrons. The van der Waals surface area contributed by atoms with Gasteiger partial charge < -0.3 is 10.5 Å². The van der Waals surface area contributed by atoms with Crippen LogP contribution in [0.1, 0.15) is 0 Å². The zero-order valence-corrected chi connectivity index (χ0v) is 10.3. The quantitative estimate of drug-likeness (QED) is 0.689. The number of halogens is 2. The molecular weight excluding hydrogens is 272 g/mol. The Morgan fingerprint density at radius 3 is 2.65 bits per heavy atom. The van der Waals surface area contributed by atoms with Crippen LogP contribution in [0.4, 0.5) is 20.3 Å². The van der Waals surface area contributed by atoms with E-state index in [1.165, 1.54) is 13.2 Å². The summed E-state index contributed by atoms with van der Waals surface area (Å²) in [6.45, 7) is 0. The maximum absolute atomic E-state index is 13.9. The number of anilines is 1. The number of nitrogens with two attached hydrogens (primary N) is 1. The summed E-state index contributed by atoms with van der Waals surface area (Å²) in [5, 5.41) is 11.0. The second-order valence-corrected chi connectivity index (χ2v) is 3.83. The number of pyridine rings is 1. The Morgan fingerprint density at radius 1 is 1.35 bits per heavy atom. The van der Waals surface area contributed by atoms with Crippen LogP contribution >= 0.6 is 0 Å². The molecule has 2 rings (SSSR count). The molecule has 0 atom stereocenters. The predicted molar refractivity (Wildman–Crippen MR) is 67.2 cm³/mol. The molecule has 2 N–H and O–H groups in total. The number of benzene rings is 1. The summed E-state index contributed by atoms with van der Waals surface area (Å²) in [6.07, 6.45) is 0. The molecule has 0 aliphatic heterocycles. The number of nitro groups is 1. The molecule has 0 bridgehead atoms. The number of nitrogens with zero attached hydrogens (tertiary/aromatic N) is 2. The smallest absolute Gasteiger partial charge is 0.295 e. The molecule has 0 saturated carbocycles. The molecule has 8 heteroatoms. The SMILES string of the molecule is COc1cc(F)cc(F)c1-c1nc(N)ccc1[N+](=O)[O-]. The topological polar surface area (TPSA) is 91.3 Å². The molecule has 20 heavy (non-hydrogen) atoms. The molecule has 0 unspecified atom stereocenters. The number of hydrogen-bond acceptors (Lipinski definition) is 5.